The summed E-state index contributed by atoms with van der Waals surface area (Å²) in [5, 5.41) is 4.21. The van der Waals surface area contributed by atoms with Gasteiger partial charge in [0.1, 0.15) is 12.6 Å². The van der Waals surface area contributed by atoms with Crippen LogP contribution >= 0.6 is 23.2 Å². The van der Waals surface area contributed by atoms with Crippen molar-refractivity contribution in [3.8, 4) is 5.88 Å². The van der Waals surface area contributed by atoms with E-state index >= 15 is 0 Å². The minimum absolute atomic E-state index is 0.0566. The number of anilines is 1. The van der Waals surface area contributed by atoms with Crippen LogP contribution in [0, 0.1) is 0 Å². The number of benzene rings is 1. The molecule has 2 heterocycles. The molecule has 2 fully saturated rings. The zero-order chi connectivity index (χ0) is 21.8. The SMILES string of the molecule is O=C(CN1CCN(c2cccc(Cl)c2)C1=O)NC1CCC(Oc2ccc(Cl)cn2)CC1. The van der Waals surface area contributed by atoms with Crippen molar-refractivity contribution in [1.82, 2.24) is 15.2 Å². The largest absolute Gasteiger partial charge is 0.474 e. The van der Waals surface area contributed by atoms with Crippen LogP contribution in [0.25, 0.3) is 0 Å². The first kappa shape index (κ1) is 21.7. The smallest absolute Gasteiger partial charge is 0.325 e. The number of rotatable bonds is 6. The van der Waals surface area contributed by atoms with Gasteiger partial charge in [-0.15, -0.1) is 0 Å². The zero-order valence-corrected chi connectivity index (χ0v) is 18.5. The molecule has 7 nitrogen and oxygen atoms in total. The predicted octanol–water partition coefficient (Wildman–Crippen LogP) is 4.14. The summed E-state index contributed by atoms with van der Waals surface area (Å²) in [5.74, 6) is 0.429. The number of ether oxygens (including phenoxy) is 1. The lowest BCUT2D eigenvalue weighted by molar-refractivity contribution is -0.122. The van der Waals surface area contributed by atoms with Gasteiger partial charge in [0.05, 0.1) is 5.02 Å². The van der Waals surface area contributed by atoms with Gasteiger partial charge in [-0.25, -0.2) is 9.78 Å². The Labute approximate surface area is 191 Å². The number of amides is 3. The first-order valence-corrected chi connectivity index (χ1v) is 11.1. The lowest BCUT2D eigenvalue weighted by Gasteiger charge is -2.29. The third-order valence-electron chi connectivity index (χ3n) is 5.58. The Kier molecular flexibility index (Phi) is 6.83. The second kappa shape index (κ2) is 9.75. The summed E-state index contributed by atoms with van der Waals surface area (Å²) in [6, 6.07) is 10.6. The fraction of sp³-hybridized carbons (Fsp3) is 0.409. The molecule has 1 N–H and O–H groups in total. The first-order chi connectivity index (χ1) is 15.0. The second-order valence-electron chi connectivity index (χ2n) is 7.81. The Morgan fingerprint density at radius 1 is 1.10 bits per heavy atom. The van der Waals surface area contributed by atoms with Crippen molar-refractivity contribution in [2.45, 2.75) is 37.8 Å². The van der Waals surface area contributed by atoms with Gasteiger partial charge in [-0.2, -0.15) is 0 Å². The van der Waals surface area contributed by atoms with Crippen LogP contribution in [0.1, 0.15) is 25.7 Å². The molecule has 31 heavy (non-hydrogen) atoms. The standard InChI is InChI=1S/C22H24Cl2N4O3/c23-15-2-1-3-18(12-15)28-11-10-27(22(28)30)14-20(29)26-17-5-7-19(8-6-17)31-21-9-4-16(24)13-25-21/h1-4,9,12-13,17,19H,5-8,10-11,14H2,(H,26,29). The van der Waals surface area contributed by atoms with Crippen molar-refractivity contribution >= 4 is 40.8 Å². The number of nitrogens with zero attached hydrogens (tertiary/aromatic N) is 3. The maximum absolute atomic E-state index is 12.7. The molecular formula is C22H24Cl2N4O3. The molecule has 164 valence electrons. The van der Waals surface area contributed by atoms with E-state index < -0.39 is 0 Å². The van der Waals surface area contributed by atoms with Crippen LogP contribution in [0.5, 0.6) is 5.88 Å². The van der Waals surface area contributed by atoms with Crippen LogP contribution in [0.2, 0.25) is 10.0 Å². The van der Waals surface area contributed by atoms with E-state index in [1.54, 1.807) is 40.3 Å². The van der Waals surface area contributed by atoms with Gasteiger partial charge in [-0.1, -0.05) is 29.3 Å². The molecule has 2 aromatic rings. The normalized spacial score (nSPS) is 21.3. The van der Waals surface area contributed by atoms with Crippen molar-refractivity contribution in [1.29, 1.82) is 0 Å². The highest BCUT2D eigenvalue weighted by Gasteiger charge is 2.32. The molecule has 0 spiro atoms. The van der Waals surface area contributed by atoms with Gasteiger partial charge in [0.15, 0.2) is 0 Å². The highest BCUT2D eigenvalue weighted by atomic mass is 35.5. The Morgan fingerprint density at radius 3 is 2.61 bits per heavy atom. The van der Waals surface area contributed by atoms with E-state index in [0.717, 1.165) is 31.4 Å². The summed E-state index contributed by atoms with van der Waals surface area (Å²) in [4.78, 5) is 32.6. The summed E-state index contributed by atoms with van der Waals surface area (Å²) in [5.41, 5.74) is 0.744. The number of hydrogen-bond donors (Lipinski definition) is 1. The highest BCUT2D eigenvalue weighted by Crippen LogP contribution is 2.25. The van der Waals surface area contributed by atoms with E-state index in [9.17, 15) is 9.59 Å². The Bertz CT molecular complexity index is 933. The van der Waals surface area contributed by atoms with E-state index in [0.29, 0.717) is 29.0 Å². The van der Waals surface area contributed by atoms with Crippen LogP contribution in [0.15, 0.2) is 42.6 Å². The van der Waals surface area contributed by atoms with E-state index in [-0.39, 0.29) is 30.6 Å². The molecule has 9 heteroatoms. The average Bonchev–Trinajstić information content (AvgIpc) is 3.11. The van der Waals surface area contributed by atoms with E-state index in [2.05, 4.69) is 10.3 Å². The number of aromatic nitrogens is 1. The number of halogens is 2. The number of carbonyl (C=O) groups is 2. The van der Waals surface area contributed by atoms with Crippen LogP contribution in [-0.2, 0) is 4.79 Å². The summed E-state index contributed by atoms with van der Waals surface area (Å²) in [6.07, 6.45) is 4.96. The monoisotopic (exact) mass is 462 g/mol. The molecule has 1 aromatic carbocycles. The van der Waals surface area contributed by atoms with Gasteiger partial charge >= 0.3 is 6.03 Å². The molecule has 3 amide bonds. The Morgan fingerprint density at radius 2 is 1.90 bits per heavy atom. The molecule has 0 atom stereocenters. The third-order valence-corrected chi connectivity index (χ3v) is 6.03. The number of pyridine rings is 1. The van der Waals surface area contributed by atoms with E-state index in [1.807, 2.05) is 12.1 Å². The van der Waals surface area contributed by atoms with Crippen molar-refractivity contribution in [3.05, 3.63) is 52.6 Å². The van der Waals surface area contributed by atoms with Gasteiger partial charge in [-0.3, -0.25) is 9.69 Å². The molecule has 1 aliphatic heterocycles. The quantitative estimate of drug-likeness (QED) is 0.699. The Balaban J connectivity index is 1.22. The lowest BCUT2D eigenvalue weighted by Crippen LogP contribution is -2.45. The number of carbonyl (C=O) groups excluding carboxylic acids is 2. The van der Waals surface area contributed by atoms with Crippen molar-refractivity contribution in [2.75, 3.05) is 24.5 Å². The van der Waals surface area contributed by atoms with Gasteiger partial charge in [0.2, 0.25) is 11.8 Å². The minimum atomic E-state index is -0.176. The van der Waals surface area contributed by atoms with Crippen LogP contribution in [0.4, 0.5) is 10.5 Å². The topological polar surface area (TPSA) is 74.8 Å². The summed E-state index contributed by atoms with van der Waals surface area (Å²) in [7, 11) is 0. The summed E-state index contributed by atoms with van der Waals surface area (Å²) in [6.45, 7) is 1.10. The molecule has 0 bridgehead atoms. The van der Waals surface area contributed by atoms with Gasteiger partial charge in [0, 0.05) is 42.1 Å². The van der Waals surface area contributed by atoms with Crippen molar-refractivity contribution in [3.63, 3.8) is 0 Å². The predicted molar refractivity (Wildman–Crippen MR) is 120 cm³/mol. The fourth-order valence-corrected chi connectivity index (χ4v) is 4.28. The van der Waals surface area contributed by atoms with Crippen LogP contribution in [-0.4, -0.2) is 53.6 Å². The molecule has 1 aromatic heterocycles. The summed E-state index contributed by atoms with van der Waals surface area (Å²) >= 11 is 11.9. The zero-order valence-electron chi connectivity index (χ0n) is 17.0. The molecule has 4 rings (SSSR count). The van der Waals surface area contributed by atoms with Gasteiger partial charge in [-0.05, 0) is 49.9 Å². The molecule has 1 saturated carbocycles. The number of hydrogen-bond acceptors (Lipinski definition) is 4. The number of urea groups is 1. The van der Waals surface area contributed by atoms with Gasteiger partial charge < -0.3 is 15.0 Å². The average molecular weight is 463 g/mol. The Hall–Kier alpha value is -2.51. The molecule has 1 aliphatic carbocycles. The second-order valence-corrected chi connectivity index (χ2v) is 8.68. The minimum Gasteiger partial charge on any atom is -0.474 e. The maximum atomic E-state index is 12.7. The van der Waals surface area contributed by atoms with Crippen molar-refractivity contribution in [2.24, 2.45) is 0 Å². The van der Waals surface area contributed by atoms with Crippen molar-refractivity contribution < 1.29 is 14.3 Å². The molecule has 2 aliphatic rings. The molecule has 1 saturated heterocycles. The fourth-order valence-electron chi connectivity index (χ4n) is 3.99. The number of nitrogens with one attached hydrogen (secondary N) is 1. The molecular weight excluding hydrogens is 439 g/mol. The maximum Gasteiger partial charge on any atom is 0.325 e. The molecule has 0 radical (unpaired) electrons. The van der Waals surface area contributed by atoms with Gasteiger partial charge in [0.25, 0.3) is 0 Å². The van der Waals surface area contributed by atoms with Crippen LogP contribution in [0.3, 0.4) is 0 Å². The van der Waals surface area contributed by atoms with E-state index in [1.165, 1.54) is 0 Å². The third kappa shape index (κ3) is 5.60. The molecule has 0 unspecified atom stereocenters. The lowest BCUT2D eigenvalue weighted by atomic mass is 9.93. The highest BCUT2D eigenvalue weighted by molar-refractivity contribution is 6.31. The van der Waals surface area contributed by atoms with Crippen LogP contribution < -0.4 is 15.0 Å². The first-order valence-electron chi connectivity index (χ1n) is 10.4. The van der Waals surface area contributed by atoms with E-state index in [4.69, 9.17) is 27.9 Å². The summed E-state index contributed by atoms with van der Waals surface area (Å²) < 4.78 is 5.90.